The number of para-hydroxylation sites is 2. The number of phenolic OH excluding ortho intramolecular Hbond substituents is 1. The van der Waals surface area contributed by atoms with Gasteiger partial charge in [0.15, 0.2) is 11.5 Å². The third kappa shape index (κ3) is 6.54. The third-order valence-electron chi connectivity index (χ3n) is 3.89. The summed E-state index contributed by atoms with van der Waals surface area (Å²) >= 11 is 0. The molecule has 2 aromatic rings. The number of rotatable bonds is 9. The van der Waals surface area contributed by atoms with Gasteiger partial charge in [-0.15, -0.1) is 12.4 Å². The molecule has 0 bridgehead atoms. The van der Waals surface area contributed by atoms with Crippen LogP contribution in [0.2, 0.25) is 0 Å². The Kier molecular flexibility index (Phi) is 8.99. The molecule has 0 aliphatic carbocycles. The van der Waals surface area contributed by atoms with Gasteiger partial charge in [0.05, 0.1) is 13.2 Å². The van der Waals surface area contributed by atoms with Gasteiger partial charge in [-0.1, -0.05) is 18.2 Å². The molecule has 2 unspecified atom stereocenters. The van der Waals surface area contributed by atoms with Gasteiger partial charge in [-0.25, -0.2) is 13.6 Å². The smallest absolute Gasteiger partial charge is 0.241 e. The number of aliphatic hydroxyl groups is 1. The summed E-state index contributed by atoms with van der Waals surface area (Å²) in [7, 11) is -2.52. The van der Waals surface area contributed by atoms with Crippen LogP contribution in [0.1, 0.15) is 18.6 Å². The minimum absolute atomic E-state index is 0. The monoisotopic (exact) mass is 432 g/mol. The zero-order valence-corrected chi connectivity index (χ0v) is 17.2. The van der Waals surface area contributed by atoms with Crippen LogP contribution in [0.15, 0.2) is 47.4 Å². The number of sulfonamides is 1. The fourth-order valence-electron chi connectivity index (χ4n) is 2.41. The fourth-order valence-corrected chi connectivity index (χ4v) is 3.07. The summed E-state index contributed by atoms with van der Waals surface area (Å²) in [6, 6.07) is 11.0. The Hall–Kier alpha value is -2.04. The van der Waals surface area contributed by atoms with E-state index in [0.29, 0.717) is 23.7 Å². The first-order valence-corrected chi connectivity index (χ1v) is 9.80. The van der Waals surface area contributed by atoms with E-state index in [4.69, 9.17) is 14.6 Å². The van der Waals surface area contributed by atoms with Crippen LogP contribution in [0.3, 0.4) is 0 Å². The summed E-state index contributed by atoms with van der Waals surface area (Å²) in [5, 5.41) is 28.0. The molecule has 2 rings (SSSR count). The maximum absolute atomic E-state index is 11.5. The molecule has 0 saturated carbocycles. The molecule has 0 fully saturated rings. The highest BCUT2D eigenvalue weighted by atomic mass is 35.5. The Morgan fingerprint density at radius 2 is 1.82 bits per heavy atom. The summed E-state index contributed by atoms with van der Waals surface area (Å²) in [6.07, 6.45) is -0.986. The second-order valence-corrected chi connectivity index (χ2v) is 7.59. The second-order valence-electron chi connectivity index (χ2n) is 6.06. The predicted molar refractivity (Wildman–Crippen MR) is 108 cm³/mol. The predicted octanol–water partition coefficient (Wildman–Crippen LogP) is 1.56. The summed E-state index contributed by atoms with van der Waals surface area (Å²) in [4.78, 5) is -0.424. The number of ether oxygens (including phenoxy) is 2. The van der Waals surface area contributed by atoms with Crippen LogP contribution in [-0.4, -0.2) is 44.9 Å². The van der Waals surface area contributed by atoms with Crippen molar-refractivity contribution in [1.82, 2.24) is 5.32 Å². The first kappa shape index (κ1) is 24.0. The lowest BCUT2D eigenvalue weighted by atomic mass is 10.1. The van der Waals surface area contributed by atoms with Crippen molar-refractivity contribution in [3.05, 3.63) is 48.0 Å². The van der Waals surface area contributed by atoms with Gasteiger partial charge >= 0.3 is 0 Å². The Labute approximate surface area is 170 Å². The summed E-state index contributed by atoms with van der Waals surface area (Å²) in [5.74, 6) is 0.787. The molecule has 28 heavy (non-hydrogen) atoms. The van der Waals surface area contributed by atoms with E-state index in [2.05, 4.69) is 5.32 Å². The van der Waals surface area contributed by atoms with Crippen LogP contribution < -0.4 is 19.9 Å². The van der Waals surface area contributed by atoms with Crippen molar-refractivity contribution >= 4 is 22.4 Å². The quantitative estimate of drug-likeness (QED) is 0.472. The molecule has 0 aromatic heterocycles. The molecular weight excluding hydrogens is 408 g/mol. The van der Waals surface area contributed by atoms with Crippen molar-refractivity contribution in [2.45, 2.75) is 24.0 Å². The average molecular weight is 433 g/mol. The van der Waals surface area contributed by atoms with Crippen molar-refractivity contribution in [2.24, 2.45) is 5.14 Å². The van der Waals surface area contributed by atoms with Crippen LogP contribution >= 0.6 is 12.4 Å². The molecule has 2 aromatic carbocycles. The molecule has 0 spiro atoms. The number of hydrogen-bond donors (Lipinski definition) is 4. The lowest BCUT2D eigenvalue weighted by Crippen LogP contribution is -2.35. The van der Waals surface area contributed by atoms with Gasteiger partial charge in [0.1, 0.15) is 17.3 Å². The number of aliphatic hydroxyl groups excluding tert-OH is 1. The lowest BCUT2D eigenvalue weighted by molar-refractivity contribution is 0.163. The summed E-state index contributed by atoms with van der Waals surface area (Å²) < 4.78 is 33.8. The topological polar surface area (TPSA) is 131 Å². The third-order valence-corrected chi connectivity index (χ3v) is 4.83. The van der Waals surface area contributed by atoms with E-state index in [1.54, 1.807) is 19.2 Å². The van der Waals surface area contributed by atoms with E-state index in [0.717, 1.165) is 6.07 Å². The highest BCUT2D eigenvalue weighted by molar-refractivity contribution is 7.89. The molecule has 0 radical (unpaired) electrons. The molecular formula is C18H25ClN2O6S. The number of methoxy groups -OCH3 is 1. The number of nitrogens with two attached hydrogens (primary N) is 1. The number of hydrogen-bond acceptors (Lipinski definition) is 7. The molecule has 0 heterocycles. The van der Waals surface area contributed by atoms with E-state index >= 15 is 0 Å². The number of halogens is 1. The summed E-state index contributed by atoms with van der Waals surface area (Å²) in [5.41, 5.74) is 0.321. The minimum Gasteiger partial charge on any atom is -0.507 e. The number of nitrogens with one attached hydrogen (secondary N) is 1. The van der Waals surface area contributed by atoms with E-state index in [1.165, 1.54) is 12.1 Å². The number of phenols is 1. The normalized spacial score (nSPS) is 13.3. The maximum atomic E-state index is 11.5. The zero-order chi connectivity index (χ0) is 20.0. The maximum Gasteiger partial charge on any atom is 0.241 e. The van der Waals surface area contributed by atoms with E-state index < -0.39 is 26.8 Å². The molecule has 2 atom stereocenters. The van der Waals surface area contributed by atoms with Gasteiger partial charge in [0, 0.05) is 12.6 Å². The van der Waals surface area contributed by atoms with Gasteiger partial charge in [-0.2, -0.15) is 0 Å². The van der Waals surface area contributed by atoms with Crippen LogP contribution in [-0.2, 0) is 10.0 Å². The van der Waals surface area contributed by atoms with Gasteiger partial charge in [-0.05, 0) is 36.8 Å². The highest BCUT2D eigenvalue weighted by Crippen LogP contribution is 2.26. The fraction of sp³-hybridized carbons (Fsp3) is 0.333. The summed E-state index contributed by atoms with van der Waals surface area (Å²) in [6.45, 7) is 2.38. The van der Waals surface area contributed by atoms with Crippen LogP contribution in [0, 0.1) is 0 Å². The molecule has 10 heteroatoms. The number of primary sulfonamides is 1. The molecule has 0 aliphatic rings. The van der Waals surface area contributed by atoms with E-state index in [9.17, 15) is 18.6 Å². The van der Waals surface area contributed by atoms with E-state index in [-0.39, 0.29) is 25.0 Å². The highest BCUT2D eigenvalue weighted by Gasteiger charge is 2.18. The molecule has 5 N–H and O–H groups in total. The molecule has 0 saturated heterocycles. The Morgan fingerprint density at radius 3 is 2.43 bits per heavy atom. The molecule has 156 valence electrons. The van der Waals surface area contributed by atoms with Crippen LogP contribution in [0.25, 0.3) is 0 Å². The second kappa shape index (κ2) is 10.5. The van der Waals surface area contributed by atoms with Crippen molar-refractivity contribution in [3.63, 3.8) is 0 Å². The zero-order valence-electron chi connectivity index (χ0n) is 15.5. The van der Waals surface area contributed by atoms with Gasteiger partial charge < -0.3 is 25.0 Å². The van der Waals surface area contributed by atoms with Gasteiger partial charge in [0.2, 0.25) is 10.0 Å². The SMILES string of the molecule is COc1ccccc1OCC(C)NCC(O)c1ccc(O)c(S(N)(=O)=O)c1.Cl. The van der Waals surface area contributed by atoms with Crippen molar-refractivity contribution < 1.29 is 28.1 Å². The van der Waals surface area contributed by atoms with E-state index in [1.807, 2.05) is 19.1 Å². The number of benzene rings is 2. The van der Waals surface area contributed by atoms with Crippen molar-refractivity contribution in [1.29, 1.82) is 0 Å². The lowest BCUT2D eigenvalue weighted by Gasteiger charge is -2.19. The standard InChI is InChI=1S/C18H24N2O6S.ClH/c1-12(11-26-17-6-4-3-5-16(17)25-2)20-10-15(22)13-7-8-14(21)18(9-13)27(19,23)24;/h3-9,12,15,20-22H,10-11H2,1-2H3,(H2,19,23,24);1H. The van der Waals surface area contributed by atoms with Crippen LogP contribution in [0.4, 0.5) is 0 Å². The van der Waals surface area contributed by atoms with Gasteiger partial charge in [0.25, 0.3) is 0 Å². The first-order chi connectivity index (χ1) is 12.7. The van der Waals surface area contributed by atoms with Crippen molar-refractivity contribution in [3.8, 4) is 17.2 Å². The molecule has 8 nitrogen and oxygen atoms in total. The minimum atomic E-state index is -4.08. The van der Waals surface area contributed by atoms with Gasteiger partial charge in [-0.3, -0.25) is 0 Å². The Balaban J connectivity index is 0.00000392. The Morgan fingerprint density at radius 1 is 1.18 bits per heavy atom. The molecule has 0 aliphatic heterocycles. The van der Waals surface area contributed by atoms with Crippen molar-refractivity contribution in [2.75, 3.05) is 20.3 Å². The largest absolute Gasteiger partial charge is 0.507 e. The number of aromatic hydroxyl groups is 1. The first-order valence-electron chi connectivity index (χ1n) is 8.25. The molecule has 0 amide bonds. The Bertz CT molecular complexity index is 878. The van der Waals surface area contributed by atoms with Crippen LogP contribution in [0.5, 0.6) is 17.2 Å². The average Bonchev–Trinajstić information content (AvgIpc) is 2.64.